The lowest BCUT2D eigenvalue weighted by Crippen LogP contribution is -2.31. The van der Waals surface area contributed by atoms with Crippen molar-refractivity contribution < 1.29 is 9.26 Å². The average Bonchev–Trinajstić information content (AvgIpc) is 3.11. The molecule has 2 heterocycles. The zero-order valence-corrected chi connectivity index (χ0v) is 10.9. The molecule has 1 N–H and O–H groups in total. The molecule has 0 bridgehead atoms. The molecule has 2 fully saturated rings. The summed E-state index contributed by atoms with van der Waals surface area (Å²) in [7, 11) is 0. The van der Waals surface area contributed by atoms with Crippen LogP contribution >= 0.6 is 0 Å². The van der Waals surface area contributed by atoms with E-state index in [0.717, 1.165) is 25.5 Å². The molecule has 1 saturated carbocycles. The van der Waals surface area contributed by atoms with Crippen LogP contribution in [0.3, 0.4) is 0 Å². The van der Waals surface area contributed by atoms with Crippen molar-refractivity contribution in [2.45, 2.75) is 57.0 Å². The van der Waals surface area contributed by atoms with E-state index in [1.54, 1.807) is 0 Å². The molecular weight excluding hydrogens is 230 g/mol. The van der Waals surface area contributed by atoms with E-state index >= 15 is 0 Å². The van der Waals surface area contributed by atoms with E-state index in [4.69, 9.17) is 9.26 Å². The van der Waals surface area contributed by atoms with Crippen LogP contribution in [0.4, 0.5) is 0 Å². The molecule has 2 atom stereocenters. The molecule has 1 aromatic heterocycles. The van der Waals surface area contributed by atoms with Gasteiger partial charge >= 0.3 is 0 Å². The summed E-state index contributed by atoms with van der Waals surface area (Å²) < 4.78 is 10.7. The lowest BCUT2D eigenvalue weighted by atomic mass is 10.1. The third-order valence-corrected chi connectivity index (χ3v) is 3.96. The topological polar surface area (TPSA) is 60.2 Å². The Morgan fingerprint density at radius 3 is 2.83 bits per heavy atom. The van der Waals surface area contributed by atoms with E-state index in [1.807, 2.05) is 0 Å². The van der Waals surface area contributed by atoms with Gasteiger partial charge in [-0.2, -0.15) is 4.98 Å². The number of aromatic nitrogens is 2. The minimum atomic E-state index is 0.111. The molecule has 3 rings (SSSR count). The van der Waals surface area contributed by atoms with Gasteiger partial charge in [0.05, 0.1) is 12.6 Å². The molecule has 0 unspecified atom stereocenters. The van der Waals surface area contributed by atoms with Crippen molar-refractivity contribution in [3.63, 3.8) is 0 Å². The fourth-order valence-electron chi connectivity index (χ4n) is 2.86. The van der Waals surface area contributed by atoms with Crippen LogP contribution in [0, 0.1) is 0 Å². The molecule has 1 saturated heterocycles. The van der Waals surface area contributed by atoms with Gasteiger partial charge in [0, 0.05) is 18.6 Å². The number of ether oxygens (including phenoxy) is 1. The Kier molecular flexibility index (Phi) is 3.61. The summed E-state index contributed by atoms with van der Waals surface area (Å²) in [5.74, 6) is 2.13. The summed E-state index contributed by atoms with van der Waals surface area (Å²) >= 11 is 0. The van der Waals surface area contributed by atoms with Crippen molar-refractivity contribution in [2.24, 2.45) is 0 Å². The highest BCUT2D eigenvalue weighted by Gasteiger charge is 2.25. The average molecular weight is 251 g/mol. The summed E-state index contributed by atoms with van der Waals surface area (Å²) in [4.78, 5) is 4.55. The molecule has 18 heavy (non-hydrogen) atoms. The lowest BCUT2D eigenvalue weighted by molar-refractivity contribution is 0.187. The van der Waals surface area contributed by atoms with E-state index < -0.39 is 0 Å². The summed E-state index contributed by atoms with van der Waals surface area (Å²) in [5, 5.41) is 7.61. The minimum absolute atomic E-state index is 0.111. The van der Waals surface area contributed by atoms with Crippen LogP contribution in [0.5, 0.6) is 0 Å². The molecular formula is C13H21N3O2. The smallest absolute Gasteiger partial charge is 0.243 e. The molecule has 2 aliphatic rings. The van der Waals surface area contributed by atoms with E-state index in [9.17, 15) is 0 Å². The molecule has 0 amide bonds. The highest BCUT2D eigenvalue weighted by Crippen LogP contribution is 2.32. The third-order valence-electron chi connectivity index (χ3n) is 3.96. The second kappa shape index (κ2) is 5.36. The zero-order valence-electron chi connectivity index (χ0n) is 10.9. The Morgan fingerprint density at radius 1 is 1.28 bits per heavy atom. The number of nitrogens with one attached hydrogen (secondary N) is 1. The Hall–Kier alpha value is -0.940. The van der Waals surface area contributed by atoms with Crippen LogP contribution in [-0.4, -0.2) is 29.4 Å². The van der Waals surface area contributed by atoms with Gasteiger partial charge < -0.3 is 14.6 Å². The summed E-state index contributed by atoms with van der Waals surface area (Å²) in [6, 6.07) is 0.529. The van der Waals surface area contributed by atoms with Crippen LogP contribution < -0.4 is 5.32 Å². The molecule has 5 nitrogen and oxygen atoms in total. The van der Waals surface area contributed by atoms with E-state index in [-0.39, 0.29) is 6.04 Å². The van der Waals surface area contributed by atoms with Crippen LogP contribution in [0.1, 0.15) is 62.7 Å². The first-order valence-corrected chi connectivity index (χ1v) is 7.00. The van der Waals surface area contributed by atoms with Gasteiger partial charge in [-0.25, -0.2) is 0 Å². The van der Waals surface area contributed by atoms with Crippen molar-refractivity contribution in [1.29, 1.82) is 0 Å². The predicted octanol–water partition coefficient (Wildman–Crippen LogP) is 2.17. The monoisotopic (exact) mass is 251 g/mol. The fraction of sp³-hybridized carbons (Fsp3) is 0.846. The van der Waals surface area contributed by atoms with Gasteiger partial charge in [-0.3, -0.25) is 0 Å². The fourth-order valence-corrected chi connectivity index (χ4v) is 2.86. The quantitative estimate of drug-likeness (QED) is 0.888. The number of hydrogen-bond donors (Lipinski definition) is 1. The van der Waals surface area contributed by atoms with Gasteiger partial charge in [-0.1, -0.05) is 18.0 Å². The molecule has 1 aromatic rings. The van der Waals surface area contributed by atoms with Crippen LogP contribution in [0.15, 0.2) is 4.52 Å². The van der Waals surface area contributed by atoms with Crippen molar-refractivity contribution >= 4 is 0 Å². The normalized spacial score (nSPS) is 26.8. The molecule has 1 aliphatic heterocycles. The molecule has 0 spiro atoms. The Balaban J connectivity index is 1.60. The molecule has 0 radical (unpaired) electrons. The van der Waals surface area contributed by atoms with Gasteiger partial charge in [0.2, 0.25) is 5.89 Å². The Morgan fingerprint density at radius 2 is 2.11 bits per heavy atom. The maximum Gasteiger partial charge on any atom is 0.243 e. The largest absolute Gasteiger partial charge is 0.380 e. The summed E-state index contributed by atoms with van der Waals surface area (Å²) in [5.41, 5.74) is 0. The predicted molar refractivity (Wildman–Crippen MR) is 66.3 cm³/mol. The first-order chi connectivity index (χ1) is 8.83. The maximum absolute atomic E-state index is 5.38. The van der Waals surface area contributed by atoms with Crippen LogP contribution in [-0.2, 0) is 4.74 Å². The SMILES string of the molecule is C[C@H](N[C@@H]1CCOC1)c1nc(C2CCCC2)no1. The molecule has 100 valence electrons. The van der Waals surface area contributed by atoms with Crippen LogP contribution in [0.25, 0.3) is 0 Å². The Bertz CT molecular complexity index is 381. The van der Waals surface area contributed by atoms with Gasteiger partial charge in [0.15, 0.2) is 5.82 Å². The van der Waals surface area contributed by atoms with Crippen molar-refractivity contribution in [1.82, 2.24) is 15.5 Å². The third kappa shape index (κ3) is 2.57. The van der Waals surface area contributed by atoms with Gasteiger partial charge in [0.25, 0.3) is 0 Å². The number of rotatable bonds is 4. The van der Waals surface area contributed by atoms with E-state index in [2.05, 4.69) is 22.4 Å². The molecule has 0 aromatic carbocycles. The first kappa shape index (κ1) is 12.1. The highest BCUT2D eigenvalue weighted by molar-refractivity contribution is 5.00. The molecule has 5 heteroatoms. The second-order valence-corrected chi connectivity index (χ2v) is 5.42. The van der Waals surface area contributed by atoms with Gasteiger partial charge in [0.1, 0.15) is 0 Å². The van der Waals surface area contributed by atoms with Crippen LogP contribution in [0.2, 0.25) is 0 Å². The van der Waals surface area contributed by atoms with Gasteiger partial charge in [-0.15, -0.1) is 0 Å². The molecule has 1 aliphatic carbocycles. The highest BCUT2D eigenvalue weighted by atomic mass is 16.5. The first-order valence-electron chi connectivity index (χ1n) is 7.00. The van der Waals surface area contributed by atoms with Crippen molar-refractivity contribution in [3.05, 3.63) is 11.7 Å². The zero-order chi connectivity index (χ0) is 12.4. The van der Waals surface area contributed by atoms with E-state index in [1.165, 1.54) is 25.7 Å². The second-order valence-electron chi connectivity index (χ2n) is 5.42. The lowest BCUT2D eigenvalue weighted by Gasteiger charge is -2.14. The van der Waals surface area contributed by atoms with E-state index in [0.29, 0.717) is 17.9 Å². The van der Waals surface area contributed by atoms with Crippen molar-refractivity contribution in [2.75, 3.05) is 13.2 Å². The van der Waals surface area contributed by atoms with Gasteiger partial charge in [-0.05, 0) is 26.2 Å². The Labute approximate surface area is 107 Å². The van der Waals surface area contributed by atoms with Crippen molar-refractivity contribution in [3.8, 4) is 0 Å². The number of nitrogens with zero attached hydrogens (tertiary/aromatic N) is 2. The number of hydrogen-bond acceptors (Lipinski definition) is 5. The summed E-state index contributed by atoms with van der Waals surface area (Å²) in [6.07, 6.45) is 6.06. The minimum Gasteiger partial charge on any atom is -0.380 e. The summed E-state index contributed by atoms with van der Waals surface area (Å²) in [6.45, 7) is 3.71. The maximum atomic E-state index is 5.38. The standard InChI is InChI=1S/C13H21N3O2/c1-9(14-11-6-7-17-8-11)13-15-12(16-18-13)10-4-2-3-5-10/h9-11,14H,2-8H2,1H3/t9-,11+/m0/s1.